The molecule has 3 nitrogen and oxygen atoms in total. The molecule has 0 amide bonds. The molecule has 0 aliphatic rings. The van der Waals surface area contributed by atoms with Crippen LogP contribution in [-0.2, 0) is 13.6 Å². The molecule has 0 saturated carbocycles. The molecule has 1 aromatic heterocycles. The van der Waals surface area contributed by atoms with Gasteiger partial charge in [0.15, 0.2) is 0 Å². The number of rotatable bonds is 2. The third-order valence-electron chi connectivity index (χ3n) is 2.66. The van der Waals surface area contributed by atoms with Crippen LogP contribution in [0.4, 0.5) is 0 Å². The van der Waals surface area contributed by atoms with Crippen LogP contribution >= 0.6 is 15.9 Å². The van der Waals surface area contributed by atoms with Gasteiger partial charge in [-0.15, -0.1) is 0 Å². The first kappa shape index (κ1) is 11.4. The van der Waals surface area contributed by atoms with E-state index in [2.05, 4.69) is 40.1 Å². The molecular formula is C12H14BrN3. The SMILES string of the molecule is Cc1ccc(Br)cc1-c1cc(CN)n(C)n1. The molecular weight excluding hydrogens is 266 g/mol. The van der Waals surface area contributed by atoms with E-state index in [1.807, 2.05) is 23.9 Å². The third kappa shape index (κ3) is 2.03. The lowest BCUT2D eigenvalue weighted by Crippen LogP contribution is -2.03. The second-order valence-corrected chi connectivity index (χ2v) is 4.72. The van der Waals surface area contributed by atoms with E-state index < -0.39 is 0 Å². The average molecular weight is 280 g/mol. The fraction of sp³-hybridized carbons (Fsp3) is 0.250. The molecule has 0 radical (unpaired) electrons. The molecule has 2 aromatic rings. The lowest BCUT2D eigenvalue weighted by molar-refractivity contribution is 0.714. The molecule has 2 N–H and O–H groups in total. The zero-order valence-corrected chi connectivity index (χ0v) is 11.0. The summed E-state index contributed by atoms with van der Waals surface area (Å²) in [5.41, 5.74) is 10.0. The van der Waals surface area contributed by atoms with Crippen molar-refractivity contribution in [3.63, 3.8) is 0 Å². The van der Waals surface area contributed by atoms with Crippen LogP contribution in [-0.4, -0.2) is 9.78 Å². The topological polar surface area (TPSA) is 43.8 Å². The summed E-state index contributed by atoms with van der Waals surface area (Å²) in [5, 5.41) is 4.47. The highest BCUT2D eigenvalue weighted by Crippen LogP contribution is 2.26. The highest BCUT2D eigenvalue weighted by Gasteiger charge is 2.08. The van der Waals surface area contributed by atoms with Gasteiger partial charge in [0.1, 0.15) is 0 Å². The minimum atomic E-state index is 0.510. The van der Waals surface area contributed by atoms with Crippen LogP contribution in [0.2, 0.25) is 0 Å². The monoisotopic (exact) mass is 279 g/mol. The summed E-state index contributed by atoms with van der Waals surface area (Å²) in [6.45, 7) is 2.59. The summed E-state index contributed by atoms with van der Waals surface area (Å²) in [6.07, 6.45) is 0. The number of aromatic nitrogens is 2. The Morgan fingerprint density at radius 3 is 2.75 bits per heavy atom. The van der Waals surface area contributed by atoms with E-state index in [0.717, 1.165) is 21.4 Å². The maximum absolute atomic E-state index is 5.64. The number of hydrogen-bond acceptors (Lipinski definition) is 2. The summed E-state index contributed by atoms with van der Waals surface area (Å²) in [4.78, 5) is 0. The summed E-state index contributed by atoms with van der Waals surface area (Å²) in [7, 11) is 1.92. The Morgan fingerprint density at radius 1 is 1.38 bits per heavy atom. The van der Waals surface area contributed by atoms with E-state index >= 15 is 0 Å². The zero-order chi connectivity index (χ0) is 11.7. The number of benzene rings is 1. The van der Waals surface area contributed by atoms with Gasteiger partial charge in [0.05, 0.1) is 11.4 Å². The van der Waals surface area contributed by atoms with Gasteiger partial charge in [0, 0.05) is 23.6 Å². The van der Waals surface area contributed by atoms with Crippen LogP contribution in [0.1, 0.15) is 11.3 Å². The van der Waals surface area contributed by atoms with Crippen LogP contribution in [0.25, 0.3) is 11.3 Å². The molecule has 16 heavy (non-hydrogen) atoms. The normalized spacial score (nSPS) is 10.8. The molecule has 0 spiro atoms. The number of nitrogens with two attached hydrogens (primary N) is 1. The minimum absolute atomic E-state index is 0.510. The summed E-state index contributed by atoms with van der Waals surface area (Å²) < 4.78 is 2.89. The van der Waals surface area contributed by atoms with Crippen LogP contribution in [0.3, 0.4) is 0 Å². The molecule has 0 atom stereocenters. The Balaban J connectivity index is 2.53. The minimum Gasteiger partial charge on any atom is -0.325 e. The summed E-state index contributed by atoms with van der Waals surface area (Å²) >= 11 is 3.48. The van der Waals surface area contributed by atoms with Crippen molar-refractivity contribution in [2.75, 3.05) is 0 Å². The fourth-order valence-corrected chi connectivity index (χ4v) is 2.06. The Labute approximate surface area is 103 Å². The van der Waals surface area contributed by atoms with Crippen molar-refractivity contribution in [2.45, 2.75) is 13.5 Å². The second kappa shape index (κ2) is 4.39. The molecule has 0 fully saturated rings. The standard InChI is InChI=1S/C12H14BrN3/c1-8-3-4-9(13)5-11(8)12-6-10(7-14)16(2)15-12/h3-6H,7,14H2,1-2H3. The van der Waals surface area contributed by atoms with Gasteiger partial charge in [0.2, 0.25) is 0 Å². The highest BCUT2D eigenvalue weighted by atomic mass is 79.9. The van der Waals surface area contributed by atoms with E-state index in [1.165, 1.54) is 5.56 Å². The van der Waals surface area contributed by atoms with E-state index in [0.29, 0.717) is 6.54 Å². The highest BCUT2D eigenvalue weighted by molar-refractivity contribution is 9.10. The van der Waals surface area contributed by atoms with Crippen molar-refractivity contribution < 1.29 is 0 Å². The number of halogens is 1. The molecule has 0 aliphatic carbocycles. The smallest absolute Gasteiger partial charge is 0.0929 e. The molecule has 2 rings (SSSR count). The second-order valence-electron chi connectivity index (χ2n) is 3.81. The van der Waals surface area contributed by atoms with Crippen molar-refractivity contribution in [3.05, 3.63) is 40.0 Å². The molecule has 0 saturated heterocycles. The maximum atomic E-state index is 5.64. The van der Waals surface area contributed by atoms with E-state index in [1.54, 1.807) is 0 Å². The van der Waals surface area contributed by atoms with Crippen LogP contribution in [0.15, 0.2) is 28.7 Å². The Morgan fingerprint density at radius 2 is 2.12 bits per heavy atom. The first-order chi connectivity index (χ1) is 7.61. The zero-order valence-electron chi connectivity index (χ0n) is 9.37. The summed E-state index contributed by atoms with van der Waals surface area (Å²) in [6, 6.07) is 8.23. The van der Waals surface area contributed by atoms with Gasteiger partial charge in [-0.2, -0.15) is 5.10 Å². The number of nitrogens with zero attached hydrogens (tertiary/aromatic N) is 2. The van der Waals surface area contributed by atoms with Crippen molar-refractivity contribution in [1.29, 1.82) is 0 Å². The lowest BCUT2D eigenvalue weighted by atomic mass is 10.1. The average Bonchev–Trinajstić information content (AvgIpc) is 2.63. The number of hydrogen-bond donors (Lipinski definition) is 1. The maximum Gasteiger partial charge on any atom is 0.0929 e. The van der Waals surface area contributed by atoms with Gasteiger partial charge in [0.25, 0.3) is 0 Å². The van der Waals surface area contributed by atoms with Gasteiger partial charge < -0.3 is 5.73 Å². The largest absolute Gasteiger partial charge is 0.325 e. The van der Waals surface area contributed by atoms with Gasteiger partial charge in [-0.1, -0.05) is 22.0 Å². The van der Waals surface area contributed by atoms with Crippen LogP contribution in [0, 0.1) is 6.92 Å². The van der Waals surface area contributed by atoms with Crippen molar-refractivity contribution in [1.82, 2.24) is 9.78 Å². The molecule has 0 bridgehead atoms. The first-order valence-electron chi connectivity index (χ1n) is 5.11. The molecule has 0 aliphatic heterocycles. The van der Waals surface area contributed by atoms with Crippen LogP contribution in [0.5, 0.6) is 0 Å². The molecule has 84 valence electrons. The molecule has 1 aromatic carbocycles. The molecule has 1 heterocycles. The lowest BCUT2D eigenvalue weighted by Gasteiger charge is -2.02. The Kier molecular flexibility index (Phi) is 3.12. The van der Waals surface area contributed by atoms with E-state index in [-0.39, 0.29) is 0 Å². The van der Waals surface area contributed by atoms with Crippen molar-refractivity contribution in [3.8, 4) is 11.3 Å². The van der Waals surface area contributed by atoms with Crippen molar-refractivity contribution in [2.24, 2.45) is 12.8 Å². The Hall–Kier alpha value is -1.13. The summed E-state index contributed by atoms with van der Waals surface area (Å²) in [5.74, 6) is 0. The first-order valence-corrected chi connectivity index (χ1v) is 5.90. The molecule has 4 heteroatoms. The quantitative estimate of drug-likeness (QED) is 0.919. The van der Waals surface area contributed by atoms with Crippen LogP contribution < -0.4 is 5.73 Å². The fourth-order valence-electron chi connectivity index (χ4n) is 1.70. The predicted octanol–water partition coefficient (Wildman–Crippen LogP) is 2.62. The van der Waals surface area contributed by atoms with Crippen molar-refractivity contribution >= 4 is 15.9 Å². The van der Waals surface area contributed by atoms with Gasteiger partial charge in [-0.3, -0.25) is 4.68 Å². The van der Waals surface area contributed by atoms with E-state index in [9.17, 15) is 0 Å². The predicted molar refractivity (Wildman–Crippen MR) is 69.0 cm³/mol. The van der Waals surface area contributed by atoms with Gasteiger partial charge >= 0.3 is 0 Å². The molecule has 0 unspecified atom stereocenters. The van der Waals surface area contributed by atoms with Gasteiger partial charge in [-0.25, -0.2) is 0 Å². The number of aryl methyl sites for hydroxylation is 2. The Bertz CT molecular complexity index is 517. The van der Waals surface area contributed by atoms with E-state index in [4.69, 9.17) is 5.73 Å². The van der Waals surface area contributed by atoms with Gasteiger partial charge in [-0.05, 0) is 30.7 Å². The third-order valence-corrected chi connectivity index (χ3v) is 3.15.